The maximum atomic E-state index is 11.1. The van der Waals surface area contributed by atoms with Crippen LogP contribution < -0.4 is 5.32 Å². The van der Waals surface area contributed by atoms with Crippen molar-refractivity contribution in [2.24, 2.45) is 5.92 Å². The second kappa shape index (κ2) is 4.95. The molecule has 0 amide bonds. The molecule has 19 heavy (non-hydrogen) atoms. The van der Waals surface area contributed by atoms with Gasteiger partial charge >= 0.3 is 0 Å². The van der Waals surface area contributed by atoms with Crippen molar-refractivity contribution in [2.45, 2.75) is 25.4 Å². The Morgan fingerprint density at radius 3 is 2.74 bits per heavy atom. The van der Waals surface area contributed by atoms with Crippen LogP contribution >= 0.6 is 0 Å². The molecule has 100 valence electrons. The summed E-state index contributed by atoms with van der Waals surface area (Å²) in [7, 11) is 0. The Balaban J connectivity index is 2.07. The van der Waals surface area contributed by atoms with Crippen LogP contribution in [-0.4, -0.2) is 18.2 Å². The van der Waals surface area contributed by atoms with Gasteiger partial charge in [-0.25, -0.2) is 0 Å². The van der Waals surface area contributed by atoms with E-state index in [1.165, 1.54) is 10.8 Å². The molecule has 2 aromatic rings. The molecule has 1 aliphatic rings. The number of nitrogens with one attached hydrogen (secondary N) is 1. The second-order valence-electron chi connectivity index (χ2n) is 5.72. The topological polar surface area (TPSA) is 32.3 Å². The van der Waals surface area contributed by atoms with Crippen molar-refractivity contribution in [3.63, 3.8) is 0 Å². The van der Waals surface area contributed by atoms with Crippen molar-refractivity contribution in [2.75, 3.05) is 13.1 Å². The van der Waals surface area contributed by atoms with Gasteiger partial charge in [0.1, 0.15) is 0 Å². The predicted molar refractivity (Wildman–Crippen MR) is 79.1 cm³/mol. The van der Waals surface area contributed by atoms with Crippen LogP contribution in [-0.2, 0) is 5.60 Å². The molecule has 0 bridgehead atoms. The average molecular weight is 255 g/mol. The summed E-state index contributed by atoms with van der Waals surface area (Å²) in [5.74, 6) is 0.284. The lowest BCUT2D eigenvalue weighted by atomic mass is 9.77. The molecule has 1 heterocycles. The normalized spacial score (nSPS) is 23.2. The monoisotopic (exact) mass is 255 g/mol. The van der Waals surface area contributed by atoms with Gasteiger partial charge in [-0.1, -0.05) is 42.5 Å². The molecule has 0 spiro atoms. The average Bonchev–Trinajstić information content (AvgIpc) is 2.47. The Hall–Kier alpha value is -1.38. The highest BCUT2D eigenvalue weighted by Gasteiger charge is 2.35. The zero-order valence-electron chi connectivity index (χ0n) is 11.4. The van der Waals surface area contributed by atoms with Crippen LogP contribution in [0.1, 0.15) is 25.3 Å². The second-order valence-corrected chi connectivity index (χ2v) is 5.72. The van der Waals surface area contributed by atoms with E-state index in [1.807, 2.05) is 25.1 Å². The minimum atomic E-state index is -0.770. The summed E-state index contributed by atoms with van der Waals surface area (Å²) in [6, 6.07) is 14.5. The predicted octanol–water partition coefficient (Wildman–Crippen LogP) is 3.05. The third-order valence-corrected chi connectivity index (χ3v) is 4.43. The molecule has 2 atom stereocenters. The Morgan fingerprint density at radius 1 is 1.16 bits per heavy atom. The van der Waals surface area contributed by atoms with Crippen LogP contribution in [0.4, 0.5) is 0 Å². The zero-order chi connectivity index (χ0) is 13.3. The van der Waals surface area contributed by atoms with Gasteiger partial charge in [0.25, 0.3) is 0 Å². The first-order valence-corrected chi connectivity index (χ1v) is 7.11. The SMILES string of the molecule is CC(O)(c1cccc2ccccc12)C1CCCNC1. The van der Waals surface area contributed by atoms with Crippen molar-refractivity contribution in [3.05, 3.63) is 48.0 Å². The molecule has 2 N–H and O–H groups in total. The molecule has 2 aromatic carbocycles. The Bertz CT molecular complexity index is 565. The smallest absolute Gasteiger partial charge is 0.0914 e. The van der Waals surface area contributed by atoms with E-state index in [0.29, 0.717) is 0 Å². The molecule has 0 aliphatic carbocycles. The number of aliphatic hydroxyl groups is 1. The van der Waals surface area contributed by atoms with Gasteiger partial charge in [0.2, 0.25) is 0 Å². The van der Waals surface area contributed by atoms with Crippen LogP contribution in [0.25, 0.3) is 10.8 Å². The summed E-state index contributed by atoms with van der Waals surface area (Å²) < 4.78 is 0. The largest absolute Gasteiger partial charge is 0.385 e. The van der Waals surface area contributed by atoms with Gasteiger partial charge in [-0.05, 0) is 42.6 Å². The fourth-order valence-electron chi connectivity index (χ4n) is 3.22. The molecular weight excluding hydrogens is 234 g/mol. The van der Waals surface area contributed by atoms with Gasteiger partial charge < -0.3 is 10.4 Å². The first-order valence-electron chi connectivity index (χ1n) is 7.11. The summed E-state index contributed by atoms with van der Waals surface area (Å²) >= 11 is 0. The van der Waals surface area contributed by atoms with Crippen LogP contribution in [0.15, 0.2) is 42.5 Å². The van der Waals surface area contributed by atoms with Crippen LogP contribution in [0, 0.1) is 5.92 Å². The standard InChI is InChI=1S/C17H21NO/c1-17(19,14-8-5-11-18-12-14)16-10-4-7-13-6-2-3-9-15(13)16/h2-4,6-7,9-10,14,18-19H,5,8,11-12H2,1H3. The fourth-order valence-corrected chi connectivity index (χ4v) is 3.22. The Morgan fingerprint density at radius 2 is 1.95 bits per heavy atom. The Kier molecular flexibility index (Phi) is 3.29. The molecule has 1 fully saturated rings. The number of benzene rings is 2. The summed E-state index contributed by atoms with van der Waals surface area (Å²) in [5.41, 5.74) is 0.285. The summed E-state index contributed by atoms with van der Waals surface area (Å²) in [6.07, 6.45) is 2.23. The summed E-state index contributed by atoms with van der Waals surface area (Å²) in [5, 5.41) is 16.8. The number of hydrogen-bond acceptors (Lipinski definition) is 2. The van der Waals surface area contributed by atoms with Crippen molar-refractivity contribution in [3.8, 4) is 0 Å². The van der Waals surface area contributed by atoms with Gasteiger partial charge in [-0.2, -0.15) is 0 Å². The Labute approximate surface area is 114 Å². The van der Waals surface area contributed by atoms with E-state index >= 15 is 0 Å². The molecule has 3 rings (SSSR count). The minimum Gasteiger partial charge on any atom is -0.385 e. The van der Waals surface area contributed by atoms with Crippen molar-refractivity contribution < 1.29 is 5.11 Å². The van der Waals surface area contributed by atoms with Crippen LogP contribution in [0.2, 0.25) is 0 Å². The first kappa shape index (κ1) is 12.6. The maximum absolute atomic E-state index is 11.1. The van der Waals surface area contributed by atoms with E-state index in [4.69, 9.17) is 0 Å². The van der Waals surface area contributed by atoms with E-state index in [-0.39, 0.29) is 5.92 Å². The molecule has 0 radical (unpaired) electrons. The third kappa shape index (κ3) is 2.26. The molecule has 2 heteroatoms. The first-order chi connectivity index (χ1) is 9.19. The van der Waals surface area contributed by atoms with E-state index in [2.05, 4.69) is 29.6 Å². The lowest BCUT2D eigenvalue weighted by molar-refractivity contribution is -0.0143. The lowest BCUT2D eigenvalue weighted by Crippen LogP contribution is -2.42. The number of fused-ring (bicyclic) bond motifs is 1. The van der Waals surface area contributed by atoms with Crippen molar-refractivity contribution in [1.82, 2.24) is 5.32 Å². The van der Waals surface area contributed by atoms with Gasteiger partial charge in [0, 0.05) is 12.5 Å². The molecule has 0 aromatic heterocycles. The van der Waals surface area contributed by atoms with Gasteiger partial charge in [0.15, 0.2) is 0 Å². The van der Waals surface area contributed by atoms with Crippen LogP contribution in [0.3, 0.4) is 0 Å². The molecule has 2 unspecified atom stereocenters. The quantitative estimate of drug-likeness (QED) is 0.864. The summed E-state index contributed by atoms with van der Waals surface area (Å²) in [4.78, 5) is 0. The van der Waals surface area contributed by atoms with E-state index in [9.17, 15) is 5.11 Å². The fraction of sp³-hybridized carbons (Fsp3) is 0.412. The minimum absolute atomic E-state index is 0.284. The summed E-state index contributed by atoms with van der Waals surface area (Å²) in [6.45, 7) is 3.94. The molecule has 1 saturated heterocycles. The molecule has 2 nitrogen and oxygen atoms in total. The highest BCUT2D eigenvalue weighted by atomic mass is 16.3. The third-order valence-electron chi connectivity index (χ3n) is 4.43. The van der Waals surface area contributed by atoms with Crippen molar-refractivity contribution in [1.29, 1.82) is 0 Å². The molecular formula is C17H21NO. The van der Waals surface area contributed by atoms with Crippen LogP contribution in [0.5, 0.6) is 0 Å². The number of hydrogen-bond donors (Lipinski definition) is 2. The lowest BCUT2D eigenvalue weighted by Gasteiger charge is -2.37. The zero-order valence-corrected chi connectivity index (χ0v) is 11.4. The molecule has 0 saturated carbocycles. The maximum Gasteiger partial charge on any atom is 0.0914 e. The van der Waals surface area contributed by atoms with Gasteiger partial charge in [0.05, 0.1) is 5.60 Å². The molecule has 1 aliphatic heterocycles. The van der Waals surface area contributed by atoms with E-state index in [0.717, 1.165) is 31.5 Å². The van der Waals surface area contributed by atoms with Gasteiger partial charge in [-0.15, -0.1) is 0 Å². The number of rotatable bonds is 2. The van der Waals surface area contributed by atoms with E-state index in [1.54, 1.807) is 0 Å². The highest BCUT2D eigenvalue weighted by Crippen LogP contribution is 2.37. The highest BCUT2D eigenvalue weighted by molar-refractivity contribution is 5.86. The van der Waals surface area contributed by atoms with Gasteiger partial charge in [-0.3, -0.25) is 0 Å². The number of piperidine rings is 1. The van der Waals surface area contributed by atoms with Crippen molar-refractivity contribution >= 4 is 10.8 Å². The van der Waals surface area contributed by atoms with E-state index < -0.39 is 5.60 Å².